The quantitative estimate of drug-likeness (QED) is 0.545. The fourth-order valence-electron chi connectivity index (χ4n) is 0.867. The summed E-state index contributed by atoms with van der Waals surface area (Å²) in [6.45, 7) is 0.609. The van der Waals surface area contributed by atoms with E-state index in [2.05, 4.69) is 16.2 Å². The van der Waals surface area contributed by atoms with Crippen molar-refractivity contribution in [2.24, 2.45) is 0 Å². The first kappa shape index (κ1) is 12.4. The number of amides is 1. The Kier molecular flexibility index (Phi) is 5.25. The van der Waals surface area contributed by atoms with Crippen molar-refractivity contribution in [2.75, 3.05) is 0 Å². The number of nitrogens with one attached hydrogen (secondary N) is 3. The molecule has 84 valence electrons. The first-order chi connectivity index (χ1) is 7.72. The highest BCUT2D eigenvalue weighted by molar-refractivity contribution is 7.80. The van der Waals surface area contributed by atoms with E-state index in [0.29, 0.717) is 11.7 Å². The van der Waals surface area contributed by atoms with Gasteiger partial charge in [0.2, 0.25) is 0 Å². The fraction of sp³-hybridized carbons (Fsp3) is 0.222. The van der Waals surface area contributed by atoms with Crippen LogP contribution in [0.25, 0.3) is 0 Å². The highest BCUT2D eigenvalue weighted by Gasteiger charge is 2.00. The number of rotatable bonds is 3. The van der Waals surface area contributed by atoms with E-state index in [0.717, 1.165) is 4.88 Å². The lowest BCUT2D eigenvalue weighted by molar-refractivity contribution is -0.120. The molecule has 0 unspecified atom stereocenters. The van der Waals surface area contributed by atoms with Crippen LogP contribution in [0.2, 0.25) is 0 Å². The molecule has 0 aromatic carbocycles. The second kappa shape index (κ2) is 6.76. The van der Waals surface area contributed by atoms with E-state index < -0.39 is 5.91 Å². The standard InChI is InChI=1S/C9H10N4OS2/c10-4-3-8(14)12-13-9(15)11-6-7-2-1-5-16-7/h1-2,5H,3,6H2,(H,12,14)(H2,11,13,15). The second-order valence-electron chi connectivity index (χ2n) is 2.77. The third kappa shape index (κ3) is 4.72. The SMILES string of the molecule is N#CCC(=O)NNC(=S)NCc1cccs1. The van der Waals surface area contributed by atoms with Crippen LogP contribution in [0.5, 0.6) is 0 Å². The van der Waals surface area contributed by atoms with Crippen LogP contribution in [-0.2, 0) is 11.3 Å². The number of thiophene rings is 1. The van der Waals surface area contributed by atoms with Gasteiger partial charge in [0, 0.05) is 4.88 Å². The topological polar surface area (TPSA) is 77.0 Å². The van der Waals surface area contributed by atoms with Crippen LogP contribution in [-0.4, -0.2) is 11.0 Å². The zero-order valence-electron chi connectivity index (χ0n) is 8.32. The van der Waals surface area contributed by atoms with E-state index in [-0.39, 0.29) is 6.42 Å². The third-order valence-corrected chi connectivity index (χ3v) is 2.68. The minimum absolute atomic E-state index is 0.194. The molecule has 0 aliphatic rings. The number of carbonyl (C=O) groups is 1. The Balaban J connectivity index is 2.17. The molecule has 1 aromatic heterocycles. The van der Waals surface area contributed by atoms with Gasteiger partial charge in [-0.15, -0.1) is 11.3 Å². The molecule has 3 N–H and O–H groups in total. The molecule has 0 radical (unpaired) electrons. The molecule has 0 atom stereocenters. The van der Waals surface area contributed by atoms with Crippen LogP contribution in [0.15, 0.2) is 17.5 Å². The predicted molar refractivity (Wildman–Crippen MR) is 65.3 cm³/mol. The zero-order chi connectivity index (χ0) is 11.8. The van der Waals surface area contributed by atoms with Gasteiger partial charge >= 0.3 is 0 Å². The van der Waals surface area contributed by atoms with E-state index >= 15 is 0 Å². The normalized spacial score (nSPS) is 8.94. The van der Waals surface area contributed by atoms with Crippen LogP contribution in [0.1, 0.15) is 11.3 Å². The van der Waals surface area contributed by atoms with Gasteiger partial charge in [-0.1, -0.05) is 6.07 Å². The number of hydrogen-bond acceptors (Lipinski definition) is 4. The fourth-order valence-corrected chi connectivity index (χ4v) is 1.63. The van der Waals surface area contributed by atoms with Crippen molar-refractivity contribution in [1.29, 1.82) is 5.26 Å². The van der Waals surface area contributed by atoms with Gasteiger partial charge in [0.1, 0.15) is 6.42 Å². The predicted octanol–water partition coefficient (Wildman–Crippen LogP) is 0.657. The molecule has 16 heavy (non-hydrogen) atoms. The molecule has 0 saturated heterocycles. The van der Waals surface area contributed by atoms with Crippen molar-refractivity contribution in [3.05, 3.63) is 22.4 Å². The van der Waals surface area contributed by atoms with E-state index in [1.807, 2.05) is 17.5 Å². The lowest BCUT2D eigenvalue weighted by atomic mass is 10.5. The summed E-state index contributed by atoms with van der Waals surface area (Å²) in [5.74, 6) is -0.414. The molecule has 5 nitrogen and oxygen atoms in total. The molecule has 0 fully saturated rings. The summed E-state index contributed by atoms with van der Waals surface area (Å²) in [6.07, 6.45) is -0.194. The summed E-state index contributed by atoms with van der Waals surface area (Å²) < 4.78 is 0. The first-order valence-electron chi connectivity index (χ1n) is 4.44. The second-order valence-corrected chi connectivity index (χ2v) is 4.21. The summed E-state index contributed by atoms with van der Waals surface area (Å²) in [5.41, 5.74) is 4.81. The van der Waals surface area contributed by atoms with E-state index in [1.54, 1.807) is 17.4 Å². The van der Waals surface area contributed by atoms with Crippen LogP contribution < -0.4 is 16.2 Å². The Morgan fingerprint density at radius 3 is 3.00 bits per heavy atom. The average Bonchev–Trinajstić information content (AvgIpc) is 2.77. The van der Waals surface area contributed by atoms with Gasteiger partial charge in [0.15, 0.2) is 5.11 Å². The van der Waals surface area contributed by atoms with Crippen LogP contribution in [0.3, 0.4) is 0 Å². The summed E-state index contributed by atoms with van der Waals surface area (Å²) in [6, 6.07) is 5.66. The van der Waals surface area contributed by atoms with Crippen LogP contribution in [0.4, 0.5) is 0 Å². The Morgan fingerprint density at radius 1 is 1.56 bits per heavy atom. The summed E-state index contributed by atoms with van der Waals surface area (Å²) in [5, 5.41) is 13.5. The monoisotopic (exact) mass is 254 g/mol. The summed E-state index contributed by atoms with van der Waals surface area (Å²) in [4.78, 5) is 12.0. The zero-order valence-corrected chi connectivity index (χ0v) is 9.95. The van der Waals surface area contributed by atoms with Crippen molar-refractivity contribution in [3.8, 4) is 6.07 Å². The molecule has 0 spiro atoms. The van der Waals surface area contributed by atoms with Crippen molar-refractivity contribution in [1.82, 2.24) is 16.2 Å². The van der Waals surface area contributed by atoms with E-state index in [9.17, 15) is 4.79 Å². The maximum atomic E-state index is 10.9. The van der Waals surface area contributed by atoms with Crippen molar-refractivity contribution < 1.29 is 4.79 Å². The number of hydrazine groups is 1. The van der Waals surface area contributed by atoms with Crippen molar-refractivity contribution in [3.63, 3.8) is 0 Å². The number of nitriles is 1. The largest absolute Gasteiger partial charge is 0.356 e. The highest BCUT2D eigenvalue weighted by atomic mass is 32.1. The Morgan fingerprint density at radius 2 is 2.38 bits per heavy atom. The number of hydrogen-bond donors (Lipinski definition) is 3. The Bertz CT molecular complexity index is 396. The minimum Gasteiger partial charge on any atom is -0.356 e. The molecule has 1 amide bonds. The van der Waals surface area contributed by atoms with Gasteiger partial charge in [-0.05, 0) is 23.7 Å². The molecule has 0 saturated carbocycles. The summed E-state index contributed by atoms with van der Waals surface area (Å²) >= 11 is 6.53. The highest BCUT2D eigenvalue weighted by Crippen LogP contribution is 2.06. The molecule has 0 aliphatic heterocycles. The minimum atomic E-state index is -0.414. The van der Waals surface area contributed by atoms with Gasteiger partial charge in [0.25, 0.3) is 5.91 Å². The van der Waals surface area contributed by atoms with Gasteiger partial charge in [-0.25, -0.2) is 0 Å². The lowest BCUT2D eigenvalue weighted by Crippen LogP contribution is -2.46. The maximum Gasteiger partial charge on any atom is 0.252 e. The number of thiocarbonyl (C=S) groups is 1. The maximum absolute atomic E-state index is 10.9. The molecule has 1 rings (SSSR count). The Labute approximate surface area is 102 Å². The van der Waals surface area contributed by atoms with Gasteiger partial charge in [-0.3, -0.25) is 15.6 Å². The van der Waals surface area contributed by atoms with Gasteiger partial charge < -0.3 is 5.32 Å². The van der Waals surface area contributed by atoms with Crippen molar-refractivity contribution >= 4 is 34.6 Å². The molecule has 0 aliphatic carbocycles. The average molecular weight is 254 g/mol. The van der Waals surface area contributed by atoms with Gasteiger partial charge in [0.05, 0.1) is 12.6 Å². The molecule has 0 bridgehead atoms. The summed E-state index contributed by atoms with van der Waals surface area (Å²) in [7, 11) is 0. The first-order valence-corrected chi connectivity index (χ1v) is 5.73. The smallest absolute Gasteiger partial charge is 0.252 e. The van der Waals surface area contributed by atoms with Crippen LogP contribution >= 0.6 is 23.6 Å². The third-order valence-electron chi connectivity index (χ3n) is 1.56. The number of carbonyl (C=O) groups excluding carboxylic acids is 1. The molecule has 1 heterocycles. The van der Waals surface area contributed by atoms with E-state index in [4.69, 9.17) is 17.5 Å². The lowest BCUT2D eigenvalue weighted by Gasteiger charge is -2.09. The van der Waals surface area contributed by atoms with Crippen LogP contribution in [0, 0.1) is 11.3 Å². The van der Waals surface area contributed by atoms with Gasteiger partial charge in [-0.2, -0.15) is 5.26 Å². The molecular weight excluding hydrogens is 244 g/mol. The Hall–Kier alpha value is -1.65. The van der Waals surface area contributed by atoms with E-state index in [1.165, 1.54) is 0 Å². The molecular formula is C9H10N4OS2. The molecule has 7 heteroatoms. The molecule has 1 aromatic rings. The van der Waals surface area contributed by atoms with Crippen molar-refractivity contribution in [2.45, 2.75) is 13.0 Å². The number of nitrogens with zero attached hydrogens (tertiary/aromatic N) is 1.